The zero-order valence-electron chi connectivity index (χ0n) is 14.8. The zero-order chi connectivity index (χ0) is 19.0. The van der Waals surface area contributed by atoms with Crippen molar-refractivity contribution in [2.75, 3.05) is 18.5 Å². The van der Waals surface area contributed by atoms with Crippen molar-refractivity contribution in [1.29, 1.82) is 0 Å². The Bertz CT molecular complexity index is 1090. The number of hydrogen-bond donors (Lipinski definition) is 0. The Morgan fingerprint density at radius 3 is 2.63 bits per heavy atom. The van der Waals surface area contributed by atoms with Crippen LogP contribution in [0.3, 0.4) is 0 Å². The van der Waals surface area contributed by atoms with Gasteiger partial charge in [-0.2, -0.15) is 4.31 Å². The van der Waals surface area contributed by atoms with Gasteiger partial charge in [0.1, 0.15) is 6.04 Å². The number of amides is 1. The van der Waals surface area contributed by atoms with Gasteiger partial charge in [0.05, 0.1) is 4.90 Å². The first kappa shape index (κ1) is 17.6. The highest BCUT2D eigenvalue weighted by atomic mass is 32.2. The number of para-hydroxylation sites is 1. The van der Waals surface area contributed by atoms with E-state index in [2.05, 4.69) is 4.98 Å². The topological polar surface area (TPSA) is 70.6 Å². The summed E-state index contributed by atoms with van der Waals surface area (Å²) in [4.78, 5) is 18.8. The van der Waals surface area contributed by atoms with Gasteiger partial charge in [-0.25, -0.2) is 8.42 Å². The molecule has 0 radical (unpaired) electrons. The average molecular weight is 381 g/mol. The molecule has 6 nitrogen and oxygen atoms in total. The van der Waals surface area contributed by atoms with Gasteiger partial charge in [0, 0.05) is 42.4 Å². The van der Waals surface area contributed by atoms with Crippen LogP contribution in [-0.4, -0.2) is 43.2 Å². The lowest BCUT2D eigenvalue weighted by molar-refractivity contribution is -0.120. The third kappa shape index (κ3) is 2.98. The van der Waals surface area contributed by atoms with E-state index < -0.39 is 16.1 Å². The second-order valence-corrected chi connectivity index (χ2v) is 8.47. The monoisotopic (exact) mass is 381 g/mol. The summed E-state index contributed by atoms with van der Waals surface area (Å²) in [6.45, 7) is 0.493. The lowest BCUT2D eigenvalue weighted by Crippen LogP contribution is -2.42. The summed E-state index contributed by atoms with van der Waals surface area (Å²) in [5, 5.41) is 1.35. The number of benzene rings is 2. The molecule has 0 saturated carbocycles. The van der Waals surface area contributed by atoms with Crippen molar-refractivity contribution in [2.24, 2.45) is 0 Å². The van der Waals surface area contributed by atoms with E-state index in [-0.39, 0.29) is 10.8 Å². The number of nitrogens with zero attached hydrogens (tertiary/aromatic N) is 3. The molecule has 0 bridgehead atoms. The van der Waals surface area contributed by atoms with E-state index in [9.17, 15) is 13.2 Å². The smallest absolute Gasteiger partial charge is 0.245 e. The van der Waals surface area contributed by atoms with E-state index in [1.807, 2.05) is 36.4 Å². The number of likely N-dealkylation sites (N-methyl/N-ethyl adjacent to an activating group) is 1. The van der Waals surface area contributed by atoms with Crippen molar-refractivity contribution in [3.8, 4) is 0 Å². The van der Waals surface area contributed by atoms with E-state index in [0.29, 0.717) is 18.4 Å². The van der Waals surface area contributed by atoms with Crippen molar-refractivity contribution >= 4 is 32.4 Å². The molecule has 1 aliphatic rings. The van der Waals surface area contributed by atoms with Gasteiger partial charge >= 0.3 is 0 Å². The Kier molecular flexibility index (Phi) is 4.41. The number of anilines is 1. The van der Waals surface area contributed by atoms with Gasteiger partial charge in [-0.1, -0.05) is 30.3 Å². The highest BCUT2D eigenvalue weighted by Crippen LogP contribution is 2.29. The molecule has 4 rings (SSSR count). The summed E-state index contributed by atoms with van der Waals surface area (Å²) in [5.41, 5.74) is 0.784. The molecule has 138 valence electrons. The van der Waals surface area contributed by atoms with E-state index in [0.717, 1.165) is 11.1 Å². The van der Waals surface area contributed by atoms with Gasteiger partial charge in [0.25, 0.3) is 0 Å². The largest absolute Gasteiger partial charge is 0.311 e. The molecule has 0 aliphatic carbocycles. The fourth-order valence-electron chi connectivity index (χ4n) is 3.51. The molecular formula is C20H19N3O3S. The zero-order valence-corrected chi connectivity index (χ0v) is 15.6. The summed E-state index contributed by atoms with van der Waals surface area (Å²) < 4.78 is 27.7. The normalized spacial score (nSPS) is 17.8. The Balaban J connectivity index is 1.68. The molecule has 3 aromatic rings. The van der Waals surface area contributed by atoms with Crippen molar-refractivity contribution in [3.05, 3.63) is 67.0 Å². The fourth-order valence-corrected chi connectivity index (χ4v) is 5.06. The summed E-state index contributed by atoms with van der Waals surface area (Å²) in [6.07, 6.45) is 3.65. The molecule has 1 fully saturated rings. The minimum Gasteiger partial charge on any atom is -0.311 e. The van der Waals surface area contributed by atoms with Crippen molar-refractivity contribution in [3.63, 3.8) is 0 Å². The van der Waals surface area contributed by atoms with Crippen LogP contribution in [0.15, 0.2) is 71.9 Å². The molecule has 1 saturated heterocycles. The molecule has 1 amide bonds. The molecular weight excluding hydrogens is 362 g/mol. The Morgan fingerprint density at radius 2 is 1.85 bits per heavy atom. The molecule has 27 heavy (non-hydrogen) atoms. The van der Waals surface area contributed by atoms with Crippen LogP contribution in [0.5, 0.6) is 0 Å². The van der Waals surface area contributed by atoms with Gasteiger partial charge in [0.15, 0.2) is 0 Å². The third-order valence-electron chi connectivity index (χ3n) is 4.98. The van der Waals surface area contributed by atoms with E-state index >= 15 is 0 Å². The quantitative estimate of drug-likeness (QED) is 0.697. The minimum absolute atomic E-state index is 0.191. The first-order valence-electron chi connectivity index (χ1n) is 8.67. The molecule has 1 aromatic heterocycles. The van der Waals surface area contributed by atoms with Crippen LogP contribution >= 0.6 is 0 Å². The molecule has 0 N–H and O–H groups in total. The lowest BCUT2D eigenvalue weighted by atomic mass is 10.2. The van der Waals surface area contributed by atoms with Gasteiger partial charge in [-0.3, -0.25) is 9.78 Å². The van der Waals surface area contributed by atoms with Crippen LogP contribution in [0.25, 0.3) is 10.8 Å². The molecule has 2 heterocycles. The number of aromatic nitrogens is 1. The Hall–Kier alpha value is -2.77. The summed E-state index contributed by atoms with van der Waals surface area (Å²) >= 11 is 0. The van der Waals surface area contributed by atoms with Crippen molar-refractivity contribution in [1.82, 2.24) is 9.29 Å². The first-order chi connectivity index (χ1) is 13.0. The maximum absolute atomic E-state index is 13.3. The number of carbonyl (C=O) groups is 1. The van der Waals surface area contributed by atoms with Crippen LogP contribution in [0.1, 0.15) is 6.42 Å². The lowest BCUT2D eigenvalue weighted by Gasteiger charge is -2.24. The molecule has 2 aromatic carbocycles. The Labute approximate surface area is 158 Å². The number of carbonyl (C=O) groups excluding carboxylic acids is 1. The molecule has 1 aliphatic heterocycles. The predicted octanol–water partition coefficient (Wildman–Crippen LogP) is 2.66. The molecule has 7 heteroatoms. The van der Waals surface area contributed by atoms with Crippen LogP contribution in [0.4, 0.5) is 5.69 Å². The minimum atomic E-state index is -3.83. The SMILES string of the molecule is CN(C1CCN(c2ccccc2)C1=O)S(=O)(=O)c1cccc2cnccc12. The molecule has 1 atom stereocenters. The number of hydrogen-bond acceptors (Lipinski definition) is 4. The van der Waals surface area contributed by atoms with Crippen LogP contribution < -0.4 is 4.90 Å². The first-order valence-corrected chi connectivity index (χ1v) is 10.1. The summed E-state index contributed by atoms with van der Waals surface area (Å²) in [5.74, 6) is -0.200. The van der Waals surface area contributed by atoms with Crippen LogP contribution in [-0.2, 0) is 14.8 Å². The van der Waals surface area contributed by atoms with Gasteiger partial charge in [-0.15, -0.1) is 0 Å². The van der Waals surface area contributed by atoms with Crippen molar-refractivity contribution in [2.45, 2.75) is 17.4 Å². The van der Waals surface area contributed by atoms with E-state index in [1.165, 1.54) is 11.4 Å². The second kappa shape index (κ2) is 6.75. The summed E-state index contributed by atoms with van der Waals surface area (Å²) in [7, 11) is -2.35. The molecule has 0 spiro atoms. The van der Waals surface area contributed by atoms with E-state index in [4.69, 9.17) is 0 Å². The number of pyridine rings is 1. The fraction of sp³-hybridized carbons (Fsp3) is 0.200. The standard InChI is InChI=1S/C20H19N3O3S/c1-22(18-11-13-23(20(18)24)16-7-3-2-4-8-16)27(25,26)19-9-5-6-15-14-21-12-10-17(15)19/h2-10,12,14,18H,11,13H2,1H3. The van der Waals surface area contributed by atoms with Crippen LogP contribution in [0.2, 0.25) is 0 Å². The van der Waals surface area contributed by atoms with Gasteiger partial charge < -0.3 is 4.90 Å². The van der Waals surface area contributed by atoms with Crippen molar-refractivity contribution < 1.29 is 13.2 Å². The summed E-state index contributed by atoms with van der Waals surface area (Å²) in [6, 6.07) is 15.4. The average Bonchev–Trinajstić information content (AvgIpc) is 3.08. The number of fused-ring (bicyclic) bond motifs is 1. The van der Waals surface area contributed by atoms with Crippen LogP contribution in [0, 0.1) is 0 Å². The number of rotatable bonds is 4. The van der Waals surface area contributed by atoms with E-state index in [1.54, 1.807) is 35.5 Å². The van der Waals surface area contributed by atoms with Gasteiger partial charge in [-0.05, 0) is 30.7 Å². The third-order valence-corrected chi connectivity index (χ3v) is 6.91. The highest BCUT2D eigenvalue weighted by molar-refractivity contribution is 7.89. The second-order valence-electron chi connectivity index (χ2n) is 6.50. The van der Waals surface area contributed by atoms with Gasteiger partial charge in [0.2, 0.25) is 15.9 Å². The maximum atomic E-state index is 13.3. The Morgan fingerprint density at radius 1 is 1.07 bits per heavy atom. The predicted molar refractivity (Wildman–Crippen MR) is 104 cm³/mol. The highest BCUT2D eigenvalue weighted by Gasteiger charge is 2.40. The number of sulfonamides is 1. The maximum Gasteiger partial charge on any atom is 0.245 e. The molecule has 1 unspecified atom stereocenters.